The van der Waals surface area contributed by atoms with Crippen LogP contribution in [0.25, 0.3) is 0 Å². The van der Waals surface area contributed by atoms with E-state index in [9.17, 15) is 9.59 Å². The van der Waals surface area contributed by atoms with Crippen molar-refractivity contribution in [2.24, 2.45) is 0 Å². The van der Waals surface area contributed by atoms with Crippen molar-refractivity contribution < 1.29 is 23.8 Å². The van der Waals surface area contributed by atoms with E-state index in [1.807, 2.05) is 78.9 Å². The summed E-state index contributed by atoms with van der Waals surface area (Å²) >= 11 is 0. The number of hydrogen-bond donors (Lipinski definition) is 0. The Balaban J connectivity index is 1.41. The fourth-order valence-corrected chi connectivity index (χ4v) is 4.02. The van der Waals surface area contributed by atoms with E-state index in [-0.39, 0.29) is 36.3 Å². The molecule has 0 amide bonds. The number of rotatable bonds is 13. The molecule has 0 fully saturated rings. The van der Waals surface area contributed by atoms with Crippen LogP contribution in [0.2, 0.25) is 0 Å². The molecule has 0 unspecified atom stereocenters. The van der Waals surface area contributed by atoms with Crippen molar-refractivity contribution in [3.05, 3.63) is 138 Å². The second kappa shape index (κ2) is 14.3. The molecule has 0 bridgehead atoms. The van der Waals surface area contributed by atoms with E-state index in [1.165, 1.54) is 11.6 Å². The number of ether oxygens (including phenoxy) is 3. The minimum atomic E-state index is -0.389. The molecule has 0 aliphatic rings. The maximum absolute atomic E-state index is 12.6. The molecule has 0 atom stereocenters. The Hall–Kier alpha value is -4.64. The molecule has 4 rings (SSSR count). The van der Waals surface area contributed by atoms with Gasteiger partial charge in [-0.1, -0.05) is 97.6 Å². The molecule has 0 spiro atoms. The summed E-state index contributed by atoms with van der Waals surface area (Å²) in [6, 6.07) is 34.3. The van der Waals surface area contributed by atoms with Gasteiger partial charge in [0.25, 0.3) is 0 Å². The number of aryl methyl sites for hydroxylation is 3. The SMILES string of the molecule is C=C(CCc1ccccc1)Oc1cc(OC(=O)CCc2ccccc2)cc(OC(=O)CCc2ccccc2)c1. The molecule has 0 heterocycles. The van der Waals surface area contributed by atoms with Crippen LogP contribution in [0.3, 0.4) is 0 Å². The number of benzene rings is 4. The molecule has 4 aromatic carbocycles. The molecule has 0 aliphatic carbocycles. The van der Waals surface area contributed by atoms with Gasteiger partial charge in [-0.2, -0.15) is 0 Å². The molecule has 0 radical (unpaired) electrons. The summed E-state index contributed by atoms with van der Waals surface area (Å²) in [7, 11) is 0. The smallest absolute Gasteiger partial charge is 0.311 e. The van der Waals surface area contributed by atoms with Gasteiger partial charge in [0.05, 0.1) is 5.76 Å². The number of carbonyl (C=O) groups excluding carboxylic acids is 2. The second-order valence-corrected chi connectivity index (χ2v) is 9.19. The van der Waals surface area contributed by atoms with Gasteiger partial charge in [0.15, 0.2) is 0 Å². The summed E-state index contributed by atoms with van der Waals surface area (Å²) in [5, 5.41) is 0. The Morgan fingerprint density at radius 3 is 1.21 bits per heavy atom. The molecule has 5 nitrogen and oxygen atoms in total. The normalized spacial score (nSPS) is 10.5. The van der Waals surface area contributed by atoms with Crippen LogP contribution in [0.15, 0.2) is 122 Å². The van der Waals surface area contributed by atoms with Crippen molar-refractivity contribution >= 4 is 11.9 Å². The first-order valence-corrected chi connectivity index (χ1v) is 13.1. The Kier molecular flexibility index (Phi) is 10.1. The maximum Gasteiger partial charge on any atom is 0.311 e. The van der Waals surface area contributed by atoms with Crippen molar-refractivity contribution in [3.8, 4) is 17.2 Å². The maximum atomic E-state index is 12.6. The summed E-state index contributed by atoms with van der Waals surface area (Å²) in [6.07, 6.45) is 2.93. The molecule has 0 aromatic heterocycles. The highest BCUT2D eigenvalue weighted by Crippen LogP contribution is 2.30. The molecule has 39 heavy (non-hydrogen) atoms. The summed E-state index contributed by atoms with van der Waals surface area (Å²) in [5.74, 6) is 0.639. The Labute approximate surface area is 229 Å². The van der Waals surface area contributed by atoms with Gasteiger partial charge in [-0.25, -0.2) is 0 Å². The first-order valence-electron chi connectivity index (χ1n) is 13.1. The van der Waals surface area contributed by atoms with Crippen molar-refractivity contribution in [2.45, 2.75) is 38.5 Å². The molecule has 0 saturated carbocycles. The lowest BCUT2D eigenvalue weighted by atomic mass is 10.1. The van der Waals surface area contributed by atoms with E-state index in [2.05, 4.69) is 18.7 Å². The van der Waals surface area contributed by atoms with Crippen LogP contribution >= 0.6 is 0 Å². The largest absolute Gasteiger partial charge is 0.462 e. The van der Waals surface area contributed by atoms with Crippen molar-refractivity contribution in [2.75, 3.05) is 0 Å². The van der Waals surface area contributed by atoms with E-state index < -0.39 is 0 Å². The van der Waals surface area contributed by atoms with Gasteiger partial charge in [-0.15, -0.1) is 0 Å². The van der Waals surface area contributed by atoms with Gasteiger partial charge in [0.1, 0.15) is 17.2 Å². The fourth-order valence-electron chi connectivity index (χ4n) is 4.02. The molecule has 198 valence electrons. The van der Waals surface area contributed by atoms with Gasteiger partial charge >= 0.3 is 11.9 Å². The molecule has 5 heteroatoms. The van der Waals surface area contributed by atoms with Crippen LogP contribution in [0.4, 0.5) is 0 Å². The van der Waals surface area contributed by atoms with Crippen molar-refractivity contribution in [1.29, 1.82) is 0 Å². The first-order chi connectivity index (χ1) is 19.0. The van der Waals surface area contributed by atoms with E-state index >= 15 is 0 Å². The third-order valence-corrected chi connectivity index (χ3v) is 6.04. The Morgan fingerprint density at radius 2 is 0.821 bits per heavy atom. The van der Waals surface area contributed by atoms with E-state index in [0.717, 1.165) is 17.5 Å². The highest BCUT2D eigenvalue weighted by Gasteiger charge is 2.13. The van der Waals surface area contributed by atoms with Crippen LogP contribution in [-0.2, 0) is 28.9 Å². The quantitative estimate of drug-likeness (QED) is 0.105. The monoisotopic (exact) mass is 520 g/mol. The standard InChI is InChI=1S/C34H32O5/c1-26(17-18-27-11-5-2-6-12-27)37-30-23-31(38-33(35)21-19-28-13-7-3-8-14-28)25-32(24-30)39-34(36)22-20-29-15-9-4-10-16-29/h2-16,23-25H,1,17-22H2. The predicted octanol–water partition coefficient (Wildman–Crippen LogP) is 7.29. The van der Waals surface area contributed by atoms with Crippen LogP contribution in [0.1, 0.15) is 36.0 Å². The lowest BCUT2D eigenvalue weighted by Gasteiger charge is -2.13. The lowest BCUT2D eigenvalue weighted by molar-refractivity contribution is -0.134. The van der Waals surface area contributed by atoms with Gasteiger partial charge < -0.3 is 14.2 Å². The average molecular weight is 521 g/mol. The summed E-state index contributed by atoms with van der Waals surface area (Å²) in [6.45, 7) is 4.03. The molecular weight excluding hydrogens is 488 g/mol. The first kappa shape index (κ1) is 27.4. The molecule has 0 N–H and O–H groups in total. The topological polar surface area (TPSA) is 61.8 Å². The van der Waals surface area contributed by atoms with Crippen molar-refractivity contribution in [1.82, 2.24) is 0 Å². The second-order valence-electron chi connectivity index (χ2n) is 9.19. The summed E-state index contributed by atoms with van der Waals surface area (Å²) in [5.41, 5.74) is 3.28. The average Bonchev–Trinajstić information content (AvgIpc) is 2.95. The van der Waals surface area contributed by atoms with Gasteiger partial charge in [0.2, 0.25) is 0 Å². The third kappa shape index (κ3) is 9.63. The Bertz CT molecular complexity index is 1180. The predicted molar refractivity (Wildman–Crippen MR) is 152 cm³/mol. The zero-order valence-electron chi connectivity index (χ0n) is 21.9. The summed E-state index contributed by atoms with van der Waals surface area (Å²) in [4.78, 5) is 25.2. The van der Waals surface area contributed by atoms with Crippen LogP contribution in [0, 0.1) is 0 Å². The minimum absolute atomic E-state index is 0.213. The van der Waals surface area contributed by atoms with Gasteiger partial charge in [-0.3, -0.25) is 9.59 Å². The van der Waals surface area contributed by atoms with Crippen molar-refractivity contribution in [3.63, 3.8) is 0 Å². The minimum Gasteiger partial charge on any atom is -0.462 e. The van der Waals surface area contributed by atoms with Crippen LogP contribution < -0.4 is 14.2 Å². The molecule has 4 aromatic rings. The molecule has 0 aliphatic heterocycles. The highest BCUT2D eigenvalue weighted by molar-refractivity contribution is 5.74. The van der Waals surface area contributed by atoms with Gasteiger partial charge in [-0.05, 0) is 36.0 Å². The van der Waals surface area contributed by atoms with E-state index in [4.69, 9.17) is 14.2 Å². The van der Waals surface area contributed by atoms with E-state index in [1.54, 1.807) is 12.1 Å². The zero-order chi connectivity index (χ0) is 27.3. The number of allylic oxidation sites excluding steroid dienone is 1. The fraction of sp³-hybridized carbons (Fsp3) is 0.176. The third-order valence-electron chi connectivity index (χ3n) is 6.04. The van der Waals surface area contributed by atoms with Gasteiger partial charge in [0, 0.05) is 37.5 Å². The van der Waals surface area contributed by atoms with E-state index in [0.29, 0.717) is 30.8 Å². The lowest BCUT2D eigenvalue weighted by Crippen LogP contribution is -2.11. The summed E-state index contributed by atoms with van der Waals surface area (Å²) < 4.78 is 17.2. The van der Waals surface area contributed by atoms with Crippen LogP contribution in [-0.4, -0.2) is 11.9 Å². The highest BCUT2D eigenvalue weighted by atomic mass is 16.5. The zero-order valence-corrected chi connectivity index (χ0v) is 21.9. The number of hydrogen-bond acceptors (Lipinski definition) is 5. The Morgan fingerprint density at radius 1 is 0.487 bits per heavy atom. The number of esters is 2. The number of carbonyl (C=O) groups is 2. The molecule has 0 saturated heterocycles. The van der Waals surface area contributed by atoms with Crippen LogP contribution in [0.5, 0.6) is 17.2 Å². The molecular formula is C34H32O5.